The zero-order chi connectivity index (χ0) is 24.4. The van der Waals surface area contributed by atoms with E-state index in [2.05, 4.69) is 22.5 Å². The van der Waals surface area contributed by atoms with Gasteiger partial charge in [-0.05, 0) is 56.2 Å². The second kappa shape index (κ2) is 7.41. The molecule has 3 aromatic rings. The van der Waals surface area contributed by atoms with Gasteiger partial charge in [-0.1, -0.05) is 18.1 Å². The van der Waals surface area contributed by atoms with Crippen LogP contribution in [0.5, 0.6) is 0 Å². The van der Waals surface area contributed by atoms with Gasteiger partial charge in [-0.25, -0.2) is 9.07 Å². The van der Waals surface area contributed by atoms with Gasteiger partial charge in [0.1, 0.15) is 22.9 Å². The Kier molecular flexibility index (Phi) is 4.82. The van der Waals surface area contributed by atoms with Gasteiger partial charge in [-0.2, -0.15) is 5.10 Å². The predicted molar refractivity (Wildman–Crippen MR) is 123 cm³/mol. The molecule has 3 aliphatic rings. The average molecular weight is 467 g/mol. The molecule has 0 spiro atoms. The molecule has 34 heavy (non-hydrogen) atoms. The van der Waals surface area contributed by atoms with E-state index in [9.17, 15) is 9.59 Å². The molecule has 6 rings (SSSR count). The molecule has 3 saturated carbocycles. The number of halogens is 1. The number of amides is 2. The quantitative estimate of drug-likeness (QED) is 0.486. The highest BCUT2D eigenvalue weighted by Gasteiger charge is 2.66. The van der Waals surface area contributed by atoms with Gasteiger partial charge in [0, 0.05) is 23.1 Å². The summed E-state index contributed by atoms with van der Waals surface area (Å²) in [6, 6.07) is 5.93. The van der Waals surface area contributed by atoms with Gasteiger partial charge in [0.25, 0.3) is 5.91 Å². The number of rotatable bonds is 7. The van der Waals surface area contributed by atoms with E-state index >= 15 is 4.39 Å². The number of nitrogens with two attached hydrogens (primary N) is 2. The van der Waals surface area contributed by atoms with E-state index in [-0.39, 0.29) is 52.3 Å². The number of anilines is 2. The average Bonchev–Trinajstić information content (AvgIpc) is 3.29. The van der Waals surface area contributed by atoms with Gasteiger partial charge >= 0.3 is 0 Å². The van der Waals surface area contributed by atoms with Crippen molar-refractivity contribution in [2.45, 2.75) is 57.9 Å². The molecule has 2 amide bonds. The maximum absolute atomic E-state index is 15.0. The standard InChI is InChI=1S/C24H27FN6O3/c1-12(2)31-21(26)19(22(27)33)20(29-31)14-5-4-13(6-15(14)25)7-17(32)28-18-8-16(30-34-18)24-9-23(3,10-24)11-24/h4-6,8,12H,7,9-11,26H2,1-3H3,(H2,27,33)(H,28,32). The first-order valence-electron chi connectivity index (χ1n) is 11.2. The van der Waals surface area contributed by atoms with Crippen LogP contribution < -0.4 is 16.8 Å². The van der Waals surface area contributed by atoms with Crippen LogP contribution in [0, 0.1) is 11.2 Å². The van der Waals surface area contributed by atoms with Crippen molar-refractivity contribution >= 4 is 23.5 Å². The number of carbonyl (C=O) groups excluding carboxylic acids is 2. The molecule has 0 saturated heterocycles. The molecule has 0 unspecified atom stereocenters. The zero-order valence-electron chi connectivity index (χ0n) is 19.3. The Balaban J connectivity index is 1.30. The topological polar surface area (TPSA) is 142 Å². The third-order valence-electron chi connectivity index (χ3n) is 6.95. The lowest BCUT2D eigenvalue weighted by molar-refractivity contribution is -0.129. The van der Waals surface area contributed by atoms with E-state index in [1.165, 1.54) is 16.8 Å². The van der Waals surface area contributed by atoms with Gasteiger partial charge in [0.15, 0.2) is 0 Å². The summed E-state index contributed by atoms with van der Waals surface area (Å²) in [5, 5.41) is 11.1. The second-order valence-electron chi connectivity index (χ2n) is 10.2. The monoisotopic (exact) mass is 466 g/mol. The highest BCUT2D eigenvalue weighted by molar-refractivity contribution is 6.03. The summed E-state index contributed by atoms with van der Waals surface area (Å²) in [6.45, 7) is 5.94. The highest BCUT2D eigenvalue weighted by Crippen LogP contribution is 2.73. The molecule has 0 aliphatic heterocycles. The van der Waals surface area contributed by atoms with E-state index < -0.39 is 11.7 Å². The first kappa shape index (κ1) is 22.1. The Morgan fingerprint density at radius 3 is 2.56 bits per heavy atom. The summed E-state index contributed by atoms with van der Waals surface area (Å²) < 4.78 is 21.7. The molecule has 3 fully saturated rings. The number of carbonyl (C=O) groups is 2. The Labute approximate surface area is 195 Å². The Morgan fingerprint density at radius 1 is 1.26 bits per heavy atom. The Bertz CT molecular complexity index is 1300. The number of primary amides is 1. The maximum atomic E-state index is 15.0. The molecular weight excluding hydrogens is 439 g/mol. The molecule has 9 nitrogen and oxygen atoms in total. The molecule has 2 aromatic heterocycles. The molecule has 1 aromatic carbocycles. The number of nitrogens with one attached hydrogen (secondary N) is 1. The number of aromatic nitrogens is 3. The van der Waals surface area contributed by atoms with Crippen LogP contribution in [0.15, 0.2) is 28.8 Å². The minimum absolute atomic E-state index is 0.0306. The summed E-state index contributed by atoms with van der Waals surface area (Å²) >= 11 is 0. The third-order valence-corrected chi connectivity index (χ3v) is 6.95. The molecule has 3 aliphatic carbocycles. The molecule has 0 atom stereocenters. The van der Waals surface area contributed by atoms with Crippen LogP contribution in [0.3, 0.4) is 0 Å². The van der Waals surface area contributed by atoms with Crippen LogP contribution in [0.1, 0.15) is 67.7 Å². The van der Waals surface area contributed by atoms with Crippen molar-refractivity contribution in [3.8, 4) is 11.3 Å². The zero-order valence-corrected chi connectivity index (χ0v) is 19.3. The third kappa shape index (κ3) is 3.44. The van der Waals surface area contributed by atoms with Crippen LogP contribution in [0.2, 0.25) is 0 Å². The Hall–Kier alpha value is -3.69. The molecule has 10 heteroatoms. The van der Waals surface area contributed by atoms with Crippen molar-refractivity contribution in [2.24, 2.45) is 11.1 Å². The van der Waals surface area contributed by atoms with E-state index in [1.807, 2.05) is 13.8 Å². The minimum Gasteiger partial charge on any atom is -0.383 e. The van der Waals surface area contributed by atoms with Crippen molar-refractivity contribution in [1.82, 2.24) is 14.9 Å². The predicted octanol–water partition coefficient (Wildman–Crippen LogP) is 3.56. The minimum atomic E-state index is -0.790. The SMILES string of the molecule is CC(C)n1nc(-c2ccc(CC(=O)Nc3cc(C45CC(C)(C4)C5)no3)cc2F)c(C(N)=O)c1N. The fraction of sp³-hybridized carbons (Fsp3) is 0.417. The van der Waals surface area contributed by atoms with Gasteiger partial charge in [0.2, 0.25) is 11.8 Å². The summed E-state index contributed by atoms with van der Waals surface area (Å²) in [5.41, 5.74) is 13.5. The van der Waals surface area contributed by atoms with Crippen molar-refractivity contribution in [3.05, 3.63) is 46.9 Å². The summed E-state index contributed by atoms with van der Waals surface area (Å²) in [5.74, 6) is -1.42. The van der Waals surface area contributed by atoms with Crippen LogP contribution in [-0.4, -0.2) is 26.8 Å². The van der Waals surface area contributed by atoms with Crippen molar-refractivity contribution in [2.75, 3.05) is 11.1 Å². The van der Waals surface area contributed by atoms with E-state index in [4.69, 9.17) is 16.0 Å². The number of benzene rings is 1. The second-order valence-corrected chi connectivity index (χ2v) is 10.2. The number of nitrogens with zero attached hydrogens (tertiary/aromatic N) is 3. The van der Waals surface area contributed by atoms with Gasteiger partial charge in [0.05, 0.1) is 12.1 Å². The van der Waals surface area contributed by atoms with Gasteiger partial charge in [-0.15, -0.1) is 0 Å². The molecular formula is C24H27FN6O3. The molecule has 2 bridgehead atoms. The lowest BCUT2D eigenvalue weighted by atomic mass is 9.35. The Morgan fingerprint density at radius 2 is 1.97 bits per heavy atom. The normalized spacial score (nSPS) is 22.9. The fourth-order valence-corrected chi connectivity index (χ4v) is 5.65. The molecule has 5 N–H and O–H groups in total. The van der Waals surface area contributed by atoms with E-state index in [0.29, 0.717) is 11.0 Å². The number of nitrogen functional groups attached to an aromatic ring is 1. The van der Waals surface area contributed by atoms with E-state index in [0.717, 1.165) is 25.0 Å². The van der Waals surface area contributed by atoms with Crippen LogP contribution >= 0.6 is 0 Å². The van der Waals surface area contributed by atoms with Crippen molar-refractivity contribution in [3.63, 3.8) is 0 Å². The fourth-order valence-electron chi connectivity index (χ4n) is 5.65. The van der Waals surface area contributed by atoms with Crippen LogP contribution in [0.4, 0.5) is 16.1 Å². The lowest BCUT2D eigenvalue weighted by Crippen LogP contribution is -2.62. The van der Waals surface area contributed by atoms with Crippen LogP contribution in [-0.2, 0) is 16.6 Å². The summed E-state index contributed by atoms with van der Waals surface area (Å²) in [7, 11) is 0. The molecule has 2 heterocycles. The highest BCUT2D eigenvalue weighted by atomic mass is 19.1. The first-order valence-corrected chi connectivity index (χ1v) is 11.2. The maximum Gasteiger partial charge on any atom is 0.254 e. The molecule has 0 radical (unpaired) electrons. The number of hydrogen-bond donors (Lipinski definition) is 3. The van der Waals surface area contributed by atoms with E-state index in [1.54, 1.807) is 12.1 Å². The first-order chi connectivity index (χ1) is 16.0. The lowest BCUT2D eigenvalue weighted by Gasteiger charge is -2.68. The van der Waals surface area contributed by atoms with Crippen molar-refractivity contribution < 1.29 is 18.5 Å². The number of hydrogen-bond acceptors (Lipinski definition) is 6. The summed E-state index contributed by atoms with van der Waals surface area (Å²) in [6.07, 6.45) is 3.24. The smallest absolute Gasteiger partial charge is 0.254 e. The van der Waals surface area contributed by atoms with Crippen molar-refractivity contribution in [1.29, 1.82) is 0 Å². The molecule has 178 valence electrons. The largest absolute Gasteiger partial charge is 0.383 e. The summed E-state index contributed by atoms with van der Waals surface area (Å²) in [4.78, 5) is 24.5. The van der Waals surface area contributed by atoms with Crippen LogP contribution in [0.25, 0.3) is 11.3 Å². The van der Waals surface area contributed by atoms with Gasteiger partial charge in [-0.3, -0.25) is 14.9 Å². The van der Waals surface area contributed by atoms with Gasteiger partial charge < -0.3 is 16.0 Å².